The van der Waals surface area contributed by atoms with Gasteiger partial charge in [-0.1, -0.05) is 44.7 Å². The van der Waals surface area contributed by atoms with Crippen molar-refractivity contribution in [3.63, 3.8) is 0 Å². The normalized spacial score (nSPS) is 11.5. The lowest BCUT2D eigenvalue weighted by atomic mass is 10.1. The monoisotopic (exact) mass is 370 g/mol. The van der Waals surface area contributed by atoms with E-state index < -0.39 is 0 Å². The summed E-state index contributed by atoms with van der Waals surface area (Å²) >= 11 is 0. The molecule has 0 fully saturated rings. The van der Waals surface area contributed by atoms with Crippen molar-refractivity contribution in [2.45, 2.75) is 41.5 Å². The first-order chi connectivity index (χ1) is 12.7. The maximum Gasteiger partial charge on any atom is 0.293 e. The summed E-state index contributed by atoms with van der Waals surface area (Å²) in [5, 5.41) is 3.96. The predicted molar refractivity (Wildman–Crippen MR) is 111 cm³/mol. The molecule has 2 aromatic rings. The number of ether oxygens (including phenoxy) is 1. The maximum atomic E-state index is 12.3. The molecule has 0 bridgehead atoms. The summed E-state index contributed by atoms with van der Waals surface area (Å²) in [6.45, 7) is 15.7. The molecule has 0 spiro atoms. The SMILES string of the molecule is C=C/C=C\C(=C/C)Oc1cc(-c2c(C)noc2C)cn(C)c1=O.CC(C)C. The number of pyridine rings is 1. The van der Waals surface area contributed by atoms with Crippen molar-refractivity contribution >= 4 is 0 Å². The summed E-state index contributed by atoms with van der Waals surface area (Å²) < 4.78 is 12.4. The third-order valence-electron chi connectivity index (χ3n) is 3.38. The first-order valence-corrected chi connectivity index (χ1v) is 8.98. The quantitative estimate of drug-likeness (QED) is 0.526. The highest BCUT2D eigenvalue weighted by atomic mass is 16.5. The van der Waals surface area contributed by atoms with Crippen LogP contribution < -0.4 is 10.3 Å². The highest BCUT2D eigenvalue weighted by molar-refractivity contribution is 5.68. The molecule has 146 valence electrons. The second-order valence-electron chi connectivity index (χ2n) is 6.83. The van der Waals surface area contributed by atoms with Crippen LogP contribution in [0, 0.1) is 19.8 Å². The van der Waals surface area contributed by atoms with Gasteiger partial charge < -0.3 is 13.8 Å². The van der Waals surface area contributed by atoms with Gasteiger partial charge in [-0.15, -0.1) is 0 Å². The lowest BCUT2D eigenvalue weighted by molar-refractivity contribution is 0.393. The molecule has 0 saturated heterocycles. The van der Waals surface area contributed by atoms with Crippen molar-refractivity contribution in [1.29, 1.82) is 0 Å². The van der Waals surface area contributed by atoms with Gasteiger partial charge in [-0.25, -0.2) is 0 Å². The third kappa shape index (κ3) is 6.44. The molecule has 0 N–H and O–H groups in total. The number of aryl methyl sites for hydroxylation is 3. The molecule has 0 aliphatic rings. The van der Waals surface area contributed by atoms with Crippen LogP contribution in [-0.4, -0.2) is 9.72 Å². The summed E-state index contributed by atoms with van der Waals surface area (Å²) in [5.74, 6) is 2.34. The Bertz CT molecular complexity index is 861. The Hall–Kier alpha value is -2.82. The Balaban J connectivity index is 0.000000828. The van der Waals surface area contributed by atoms with Crippen LogP contribution in [0.2, 0.25) is 0 Å². The Labute approximate surface area is 161 Å². The van der Waals surface area contributed by atoms with E-state index in [1.165, 1.54) is 4.57 Å². The Morgan fingerprint density at radius 3 is 2.44 bits per heavy atom. The zero-order valence-electron chi connectivity index (χ0n) is 17.4. The van der Waals surface area contributed by atoms with Gasteiger partial charge in [0, 0.05) is 24.4 Å². The fraction of sp³-hybridized carbons (Fsp3) is 0.364. The maximum absolute atomic E-state index is 12.3. The standard InChI is InChI=1S/C18H20N2O3.C4H10/c1-6-8-9-15(7-2)22-16-10-14(11-20(5)18(16)21)17-12(3)19-23-13(17)4;1-4(2)3/h6-11H,1H2,2-5H3;4H,1-3H3/b9-8-,15-7+;. The van der Waals surface area contributed by atoms with Crippen LogP contribution >= 0.6 is 0 Å². The third-order valence-corrected chi connectivity index (χ3v) is 3.38. The molecular weight excluding hydrogens is 340 g/mol. The molecule has 0 aromatic carbocycles. The van der Waals surface area contributed by atoms with E-state index >= 15 is 0 Å². The summed E-state index contributed by atoms with van der Waals surface area (Å²) in [4.78, 5) is 12.3. The van der Waals surface area contributed by atoms with Crippen LogP contribution in [0.1, 0.15) is 39.1 Å². The number of hydrogen-bond acceptors (Lipinski definition) is 4. The molecule has 0 saturated carbocycles. The second kappa shape index (κ2) is 10.4. The zero-order valence-corrected chi connectivity index (χ0v) is 17.4. The number of allylic oxidation sites excluding steroid dienone is 4. The summed E-state index contributed by atoms with van der Waals surface area (Å²) in [5.41, 5.74) is 2.24. The molecule has 0 atom stereocenters. The average molecular weight is 370 g/mol. The highest BCUT2D eigenvalue weighted by Crippen LogP contribution is 2.28. The molecule has 2 aromatic heterocycles. The smallest absolute Gasteiger partial charge is 0.293 e. The van der Waals surface area contributed by atoms with E-state index in [9.17, 15) is 4.79 Å². The molecular formula is C22H30N2O3. The minimum atomic E-state index is -0.216. The van der Waals surface area contributed by atoms with Gasteiger partial charge in [-0.05, 0) is 44.9 Å². The minimum Gasteiger partial charge on any atom is -0.452 e. The largest absolute Gasteiger partial charge is 0.452 e. The number of aromatic nitrogens is 2. The van der Waals surface area contributed by atoms with Crippen LogP contribution in [-0.2, 0) is 7.05 Å². The van der Waals surface area contributed by atoms with Gasteiger partial charge in [0.15, 0.2) is 5.75 Å². The van der Waals surface area contributed by atoms with Crippen molar-refractivity contribution in [1.82, 2.24) is 9.72 Å². The van der Waals surface area contributed by atoms with Crippen LogP contribution in [0.3, 0.4) is 0 Å². The Morgan fingerprint density at radius 2 is 1.96 bits per heavy atom. The van der Waals surface area contributed by atoms with Crippen LogP contribution in [0.5, 0.6) is 5.75 Å². The van der Waals surface area contributed by atoms with Gasteiger partial charge in [0.05, 0.1) is 5.69 Å². The van der Waals surface area contributed by atoms with Gasteiger partial charge in [-0.2, -0.15) is 0 Å². The zero-order chi connectivity index (χ0) is 20.6. The van der Waals surface area contributed by atoms with Crippen molar-refractivity contribution in [3.05, 3.63) is 70.7 Å². The second-order valence-corrected chi connectivity index (χ2v) is 6.83. The van der Waals surface area contributed by atoms with Gasteiger partial charge in [-0.3, -0.25) is 4.79 Å². The molecule has 0 amide bonds. The fourth-order valence-corrected chi connectivity index (χ4v) is 2.27. The Kier molecular flexibility index (Phi) is 8.52. The topological polar surface area (TPSA) is 57.3 Å². The fourth-order valence-electron chi connectivity index (χ4n) is 2.27. The van der Waals surface area contributed by atoms with Crippen LogP contribution in [0.4, 0.5) is 0 Å². The Morgan fingerprint density at radius 1 is 1.33 bits per heavy atom. The summed E-state index contributed by atoms with van der Waals surface area (Å²) in [7, 11) is 1.69. The van der Waals surface area contributed by atoms with E-state index in [4.69, 9.17) is 9.26 Å². The molecule has 0 unspecified atom stereocenters. The van der Waals surface area contributed by atoms with Gasteiger partial charge in [0.1, 0.15) is 11.5 Å². The molecule has 5 heteroatoms. The number of nitrogens with zero attached hydrogens (tertiary/aromatic N) is 2. The first-order valence-electron chi connectivity index (χ1n) is 8.98. The molecule has 2 rings (SSSR count). The van der Waals surface area contributed by atoms with E-state index in [1.54, 1.807) is 43.6 Å². The number of hydrogen-bond donors (Lipinski definition) is 0. The minimum absolute atomic E-state index is 0.216. The van der Waals surface area contributed by atoms with E-state index in [1.807, 2.05) is 20.8 Å². The van der Waals surface area contributed by atoms with Crippen molar-refractivity contribution in [3.8, 4) is 16.9 Å². The van der Waals surface area contributed by atoms with Gasteiger partial charge >= 0.3 is 0 Å². The average Bonchev–Trinajstić information content (AvgIpc) is 2.93. The van der Waals surface area contributed by atoms with Gasteiger partial charge in [0.25, 0.3) is 5.56 Å². The lowest BCUT2D eigenvalue weighted by Crippen LogP contribution is -2.18. The lowest BCUT2D eigenvalue weighted by Gasteiger charge is -2.10. The molecule has 0 aliphatic carbocycles. The van der Waals surface area contributed by atoms with Crippen molar-refractivity contribution in [2.75, 3.05) is 0 Å². The number of rotatable bonds is 5. The van der Waals surface area contributed by atoms with Crippen LogP contribution in [0.25, 0.3) is 11.1 Å². The predicted octanol–water partition coefficient (Wildman–Crippen LogP) is 5.34. The highest BCUT2D eigenvalue weighted by Gasteiger charge is 2.15. The van der Waals surface area contributed by atoms with Crippen LogP contribution in [0.15, 0.2) is 58.2 Å². The molecule has 27 heavy (non-hydrogen) atoms. The molecule has 0 aliphatic heterocycles. The van der Waals surface area contributed by atoms with Crippen molar-refractivity contribution in [2.24, 2.45) is 13.0 Å². The van der Waals surface area contributed by atoms with E-state index in [2.05, 4.69) is 32.5 Å². The summed E-state index contributed by atoms with van der Waals surface area (Å²) in [6, 6.07) is 1.71. The molecule has 2 heterocycles. The van der Waals surface area contributed by atoms with Crippen molar-refractivity contribution < 1.29 is 9.26 Å². The summed E-state index contributed by atoms with van der Waals surface area (Å²) in [6.07, 6.45) is 8.66. The molecule has 0 radical (unpaired) electrons. The van der Waals surface area contributed by atoms with E-state index in [0.717, 1.165) is 22.7 Å². The molecule has 5 nitrogen and oxygen atoms in total. The van der Waals surface area contributed by atoms with Gasteiger partial charge in [0.2, 0.25) is 0 Å². The van der Waals surface area contributed by atoms with E-state index in [0.29, 0.717) is 11.5 Å². The van der Waals surface area contributed by atoms with E-state index in [-0.39, 0.29) is 11.3 Å². The first kappa shape index (κ1) is 22.2.